The lowest BCUT2D eigenvalue weighted by Gasteiger charge is -2.38. The third-order valence-electron chi connectivity index (χ3n) is 7.02. The minimum absolute atomic E-state index is 0.0279. The van der Waals surface area contributed by atoms with E-state index >= 15 is 0 Å². The van der Waals surface area contributed by atoms with Crippen LogP contribution in [0.15, 0.2) is 47.1 Å². The molecule has 6 nitrogen and oxygen atoms in total. The second-order valence-electron chi connectivity index (χ2n) is 10.3. The van der Waals surface area contributed by atoms with Crippen molar-refractivity contribution in [3.05, 3.63) is 58.2 Å². The number of carbonyl (C=O) groups is 1. The van der Waals surface area contributed by atoms with Crippen molar-refractivity contribution in [3.8, 4) is 6.07 Å². The molecule has 2 N–H and O–H groups in total. The number of benzene rings is 1. The Bertz CT molecular complexity index is 1260. The van der Waals surface area contributed by atoms with Crippen molar-refractivity contribution >= 4 is 22.5 Å². The lowest BCUT2D eigenvalue weighted by Crippen LogP contribution is -2.35. The highest BCUT2D eigenvalue weighted by Gasteiger charge is 2.44. The Labute approximate surface area is 194 Å². The zero-order chi connectivity index (χ0) is 23.3. The standard InChI is InChI=1S/C27H30N4O2/c1-16-7-8-17-12-18(26(30-20(17)11-16)31-9-5-4-6-10-31)23-19(15-28)25(29)33-22-14-27(2,3)13-21(32)24(22)23/h7-8,11-12,23H,4-6,9-10,13-14,29H2,1-3H3. The molecule has 0 radical (unpaired) electrons. The number of piperidine rings is 1. The van der Waals surface area contributed by atoms with Crippen LogP contribution in [0.2, 0.25) is 0 Å². The lowest BCUT2D eigenvalue weighted by molar-refractivity contribution is -0.119. The summed E-state index contributed by atoms with van der Waals surface area (Å²) in [6.07, 6.45) is 4.44. The Morgan fingerprint density at radius 1 is 1.18 bits per heavy atom. The fourth-order valence-electron chi connectivity index (χ4n) is 5.45. The van der Waals surface area contributed by atoms with E-state index < -0.39 is 5.92 Å². The van der Waals surface area contributed by atoms with Gasteiger partial charge in [-0.3, -0.25) is 4.79 Å². The summed E-state index contributed by atoms with van der Waals surface area (Å²) in [7, 11) is 0. The topological polar surface area (TPSA) is 92.2 Å². The molecule has 2 aromatic rings. The number of anilines is 1. The third-order valence-corrected chi connectivity index (χ3v) is 7.02. The number of ether oxygens (including phenoxy) is 1. The smallest absolute Gasteiger partial charge is 0.205 e. The summed E-state index contributed by atoms with van der Waals surface area (Å²) >= 11 is 0. The highest BCUT2D eigenvalue weighted by atomic mass is 16.5. The highest BCUT2D eigenvalue weighted by molar-refractivity contribution is 6.00. The van der Waals surface area contributed by atoms with Crippen molar-refractivity contribution in [1.82, 2.24) is 4.98 Å². The fraction of sp³-hybridized carbons (Fsp3) is 0.444. The van der Waals surface area contributed by atoms with Crippen LogP contribution >= 0.6 is 0 Å². The zero-order valence-electron chi connectivity index (χ0n) is 19.6. The number of hydrogen-bond acceptors (Lipinski definition) is 6. The Hall–Kier alpha value is -3.33. The predicted molar refractivity (Wildman–Crippen MR) is 128 cm³/mol. The Morgan fingerprint density at radius 3 is 2.67 bits per heavy atom. The number of aromatic nitrogens is 1. The molecule has 1 fully saturated rings. The van der Waals surface area contributed by atoms with Crippen molar-refractivity contribution < 1.29 is 9.53 Å². The van der Waals surface area contributed by atoms with Gasteiger partial charge in [0.15, 0.2) is 5.78 Å². The van der Waals surface area contributed by atoms with Crippen molar-refractivity contribution in [3.63, 3.8) is 0 Å². The van der Waals surface area contributed by atoms with E-state index in [4.69, 9.17) is 15.5 Å². The maximum Gasteiger partial charge on any atom is 0.205 e. The van der Waals surface area contributed by atoms with Gasteiger partial charge in [0.25, 0.3) is 0 Å². The van der Waals surface area contributed by atoms with Gasteiger partial charge >= 0.3 is 0 Å². The van der Waals surface area contributed by atoms with Crippen LogP contribution in [0, 0.1) is 23.7 Å². The molecule has 1 saturated heterocycles. The summed E-state index contributed by atoms with van der Waals surface area (Å²) < 4.78 is 5.90. The Morgan fingerprint density at radius 2 is 1.94 bits per heavy atom. The van der Waals surface area contributed by atoms with Gasteiger partial charge in [0, 0.05) is 42.5 Å². The largest absolute Gasteiger partial charge is 0.444 e. The maximum absolute atomic E-state index is 13.4. The molecule has 0 saturated carbocycles. The maximum atomic E-state index is 13.4. The molecule has 1 aromatic carbocycles. The molecule has 1 aliphatic carbocycles. The number of Topliss-reactive ketones (excluding diaryl/α,β-unsaturated/α-hetero) is 1. The van der Waals surface area contributed by atoms with Gasteiger partial charge in [-0.25, -0.2) is 4.98 Å². The molecule has 1 aromatic heterocycles. The van der Waals surface area contributed by atoms with Gasteiger partial charge in [-0.15, -0.1) is 0 Å². The van der Waals surface area contributed by atoms with Crippen LogP contribution in [-0.2, 0) is 9.53 Å². The van der Waals surface area contributed by atoms with E-state index in [1.807, 2.05) is 0 Å². The van der Waals surface area contributed by atoms with Crippen LogP contribution in [0.1, 0.15) is 63.0 Å². The number of aryl methyl sites for hydroxylation is 1. The van der Waals surface area contributed by atoms with E-state index in [2.05, 4.69) is 56.0 Å². The summed E-state index contributed by atoms with van der Waals surface area (Å²) in [6.45, 7) is 8.01. The third kappa shape index (κ3) is 3.76. The summed E-state index contributed by atoms with van der Waals surface area (Å²) in [5, 5.41) is 11.1. The van der Waals surface area contributed by atoms with Crippen LogP contribution < -0.4 is 10.6 Å². The van der Waals surface area contributed by atoms with E-state index in [1.54, 1.807) is 0 Å². The Balaban J connectivity index is 1.77. The molecule has 0 amide bonds. The number of fused-ring (bicyclic) bond motifs is 1. The van der Waals surface area contributed by atoms with E-state index in [0.29, 0.717) is 29.7 Å². The predicted octanol–water partition coefficient (Wildman–Crippen LogP) is 4.98. The molecule has 6 heteroatoms. The van der Waals surface area contributed by atoms with E-state index in [9.17, 15) is 10.1 Å². The molecule has 33 heavy (non-hydrogen) atoms. The van der Waals surface area contributed by atoms with Gasteiger partial charge in [-0.1, -0.05) is 26.0 Å². The molecule has 1 unspecified atom stereocenters. The summed E-state index contributed by atoms with van der Waals surface area (Å²) in [5.41, 5.74) is 9.88. The molecule has 3 aliphatic rings. The number of ketones is 1. The zero-order valence-corrected chi connectivity index (χ0v) is 19.6. The minimum Gasteiger partial charge on any atom is -0.444 e. The lowest BCUT2D eigenvalue weighted by atomic mass is 9.70. The molecule has 0 bridgehead atoms. The van der Waals surface area contributed by atoms with E-state index in [1.165, 1.54) is 6.42 Å². The number of allylic oxidation sites excluding steroid dienone is 3. The fourth-order valence-corrected chi connectivity index (χ4v) is 5.45. The second-order valence-corrected chi connectivity index (χ2v) is 10.3. The van der Waals surface area contributed by atoms with Crippen LogP contribution in [0.5, 0.6) is 0 Å². The van der Waals surface area contributed by atoms with Gasteiger partial charge in [-0.05, 0) is 49.3 Å². The monoisotopic (exact) mass is 442 g/mol. The van der Waals surface area contributed by atoms with Crippen LogP contribution in [0.25, 0.3) is 10.9 Å². The first-order valence-electron chi connectivity index (χ1n) is 11.8. The van der Waals surface area contributed by atoms with E-state index in [-0.39, 0.29) is 17.1 Å². The number of nitriles is 1. The number of carbonyl (C=O) groups excluding carboxylic acids is 1. The molecular formula is C27H30N4O2. The van der Waals surface area contributed by atoms with Crippen molar-refractivity contribution in [2.45, 2.75) is 58.8 Å². The van der Waals surface area contributed by atoms with Crippen LogP contribution in [0.3, 0.4) is 0 Å². The van der Waals surface area contributed by atoms with Crippen molar-refractivity contribution in [2.24, 2.45) is 11.1 Å². The van der Waals surface area contributed by atoms with Gasteiger partial charge in [0.2, 0.25) is 5.88 Å². The summed E-state index contributed by atoms with van der Waals surface area (Å²) in [6, 6.07) is 10.6. The summed E-state index contributed by atoms with van der Waals surface area (Å²) in [4.78, 5) is 20.8. The normalized spacial score (nSPS) is 22.8. The van der Waals surface area contributed by atoms with E-state index in [0.717, 1.165) is 53.8 Å². The number of nitrogens with zero attached hydrogens (tertiary/aromatic N) is 3. The first kappa shape index (κ1) is 21.5. The summed E-state index contributed by atoms with van der Waals surface area (Å²) in [5.74, 6) is 1.02. The molecule has 3 heterocycles. The van der Waals surface area contributed by atoms with Crippen LogP contribution in [0.4, 0.5) is 5.82 Å². The molecule has 0 spiro atoms. The van der Waals surface area contributed by atoms with Gasteiger partial charge in [0.05, 0.1) is 11.4 Å². The number of rotatable bonds is 2. The quantitative estimate of drug-likeness (QED) is 0.705. The average Bonchev–Trinajstić information content (AvgIpc) is 2.77. The number of pyridine rings is 1. The first-order valence-corrected chi connectivity index (χ1v) is 11.8. The molecule has 5 rings (SSSR count). The second kappa shape index (κ2) is 7.91. The van der Waals surface area contributed by atoms with Crippen LogP contribution in [-0.4, -0.2) is 23.9 Å². The number of nitrogens with two attached hydrogens (primary N) is 1. The van der Waals surface area contributed by atoms with Gasteiger partial charge < -0.3 is 15.4 Å². The van der Waals surface area contributed by atoms with Gasteiger partial charge in [-0.2, -0.15) is 5.26 Å². The highest BCUT2D eigenvalue weighted by Crippen LogP contribution is 2.49. The SMILES string of the molecule is Cc1ccc2cc(C3C(C#N)=C(N)OC4=C3C(=O)CC(C)(C)C4)c(N3CCCCC3)nc2c1. The van der Waals surface area contributed by atoms with Crippen molar-refractivity contribution in [1.29, 1.82) is 5.26 Å². The first-order chi connectivity index (χ1) is 15.8. The average molecular weight is 443 g/mol. The molecule has 2 aliphatic heterocycles. The minimum atomic E-state index is -0.558. The molecular weight excluding hydrogens is 412 g/mol. The molecule has 1 atom stereocenters. The number of hydrogen-bond donors (Lipinski definition) is 1. The van der Waals surface area contributed by atoms with Gasteiger partial charge in [0.1, 0.15) is 23.2 Å². The van der Waals surface area contributed by atoms with Crippen molar-refractivity contribution in [2.75, 3.05) is 18.0 Å². The molecule has 170 valence electrons. The Kier molecular flexibility index (Phi) is 5.16.